The van der Waals surface area contributed by atoms with Gasteiger partial charge in [0.1, 0.15) is 0 Å². The van der Waals surface area contributed by atoms with E-state index in [0.29, 0.717) is 0 Å². The minimum absolute atomic E-state index is 0.557. The Morgan fingerprint density at radius 1 is 1.11 bits per heavy atom. The summed E-state index contributed by atoms with van der Waals surface area (Å²) < 4.78 is 0. The third-order valence-corrected chi connectivity index (χ3v) is 3.24. The summed E-state index contributed by atoms with van der Waals surface area (Å²) in [6.07, 6.45) is 10.7. The zero-order valence-electron chi connectivity index (χ0n) is 11.7. The molecule has 1 N–H and O–H groups in total. The third kappa shape index (κ3) is 6.61. The first kappa shape index (κ1) is 15.0. The normalized spacial score (nSPS) is 14.8. The highest BCUT2D eigenvalue weighted by Crippen LogP contribution is 2.20. The van der Waals surface area contributed by atoms with Gasteiger partial charge in [-0.05, 0) is 25.3 Å². The highest BCUT2D eigenvalue weighted by atomic mass is 16.3. The minimum Gasteiger partial charge on any atom is -0.390 e. The van der Waals surface area contributed by atoms with Crippen molar-refractivity contribution in [2.24, 2.45) is 0 Å². The fourth-order valence-corrected chi connectivity index (χ4v) is 2.05. The topological polar surface area (TPSA) is 20.2 Å². The molecule has 1 rings (SSSR count). The largest absolute Gasteiger partial charge is 0.390 e. The lowest BCUT2D eigenvalue weighted by molar-refractivity contribution is 0.0514. The third-order valence-electron chi connectivity index (χ3n) is 3.24. The molecule has 18 heavy (non-hydrogen) atoms. The van der Waals surface area contributed by atoms with Gasteiger partial charge in [0.05, 0.1) is 5.60 Å². The second-order valence-corrected chi connectivity index (χ2v) is 5.32. The summed E-state index contributed by atoms with van der Waals surface area (Å²) in [5.41, 5.74) is 0.637. The molecule has 0 fully saturated rings. The van der Waals surface area contributed by atoms with E-state index in [4.69, 9.17) is 0 Å². The van der Waals surface area contributed by atoms with Crippen molar-refractivity contribution in [3.8, 4) is 0 Å². The van der Waals surface area contributed by atoms with Crippen LogP contribution in [-0.4, -0.2) is 10.7 Å². The number of unbranched alkanes of at least 4 members (excludes halogenated alkanes) is 3. The summed E-state index contributed by atoms with van der Waals surface area (Å²) in [5.74, 6) is 0. The molecule has 0 radical (unpaired) electrons. The standard InChI is InChI=1S/C17H26O/c1-3-4-5-9-14-17(2,18)15-10-13-16-11-7-6-8-12-16/h6-8,10-13,18H,3-5,9,14-15H2,1-2H3/b13-10+. The Bertz CT molecular complexity index is 338. The highest BCUT2D eigenvalue weighted by molar-refractivity contribution is 5.48. The van der Waals surface area contributed by atoms with E-state index in [2.05, 4.69) is 31.2 Å². The predicted octanol–water partition coefficient (Wildman–Crippen LogP) is 4.81. The van der Waals surface area contributed by atoms with Crippen LogP contribution in [0.3, 0.4) is 0 Å². The molecule has 0 heterocycles. The van der Waals surface area contributed by atoms with Crippen molar-refractivity contribution in [3.05, 3.63) is 42.0 Å². The van der Waals surface area contributed by atoms with Crippen LogP contribution in [0, 0.1) is 0 Å². The molecule has 1 unspecified atom stereocenters. The van der Waals surface area contributed by atoms with Crippen molar-refractivity contribution in [1.82, 2.24) is 0 Å². The van der Waals surface area contributed by atoms with E-state index in [9.17, 15) is 5.11 Å². The number of rotatable bonds is 8. The molecule has 0 saturated carbocycles. The first-order valence-corrected chi connectivity index (χ1v) is 7.08. The molecular formula is C17H26O. The zero-order chi connectivity index (χ0) is 13.3. The Morgan fingerprint density at radius 2 is 1.83 bits per heavy atom. The van der Waals surface area contributed by atoms with Crippen molar-refractivity contribution in [3.63, 3.8) is 0 Å². The van der Waals surface area contributed by atoms with Gasteiger partial charge in [0.15, 0.2) is 0 Å². The lowest BCUT2D eigenvalue weighted by Crippen LogP contribution is -2.22. The van der Waals surface area contributed by atoms with Gasteiger partial charge in [0.2, 0.25) is 0 Å². The van der Waals surface area contributed by atoms with E-state index >= 15 is 0 Å². The summed E-state index contributed by atoms with van der Waals surface area (Å²) in [4.78, 5) is 0. The molecular weight excluding hydrogens is 220 g/mol. The minimum atomic E-state index is -0.557. The van der Waals surface area contributed by atoms with Gasteiger partial charge >= 0.3 is 0 Å². The molecule has 0 aliphatic heterocycles. The maximum absolute atomic E-state index is 10.2. The van der Waals surface area contributed by atoms with Gasteiger partial charge in [0.25, 0.3) is 0 Å². The Balaban J connectivity index is 2.30. The number of benzene rings is 1. The van der Waals surface area contributed by atoms with Crippen LogP contribution in [-0.2, 0) is 0 Å². The predicted molar refractivity (Wildman–Crippen MR) is 79.5 cm³/mol. The maximum Gasteiger partial charge on any atom is 0.0654 e. The van der Waals surface area contributed by atoms with Crippen molar-refractivity contribution < 1.29 is 5.11 Å². The number of aliphatic hydroxyl groups is 1. The molecule has 1 atom stereocenters. The summed E-state index contributed by atoms with van der Waals surface area (Å²) in [6.45, 7) is 4.15. The van der Waals surface area contributed by atoms with Gasteiger partial charge in [-0.3, -0.25) is 0 Å². The highest BCUT2D eigenvalue weighted by Gasteiger charge is 2.17. The van der Waals surface area contributed by atoms with E-state index in [1.807, 2.05) is 25.1 Å². The molecule has 1 nitrogen and oxygen atoms in total. The average molecular weight is 246 g/mol. The second-order valence-electron chi connectivity index (χ2n) is 5.32. The molecule has 0 aliphatic rings. The van der Waals surface area contributed by atoms with Crippen LogP contribution in [0.4, 0.5) is 0 Å². The summed E-state index contributed by atoms with van der Waals surface area (Å²) in [5, 5.41) is 10.2. The molecule has 100 valence electrons. The molecule has 1 heteroatoms. The summed E-state index contributed by atoms with van der Waals surface area (Å²) in [6, 6.07) is 10.2. The molecule has 0 amide bonds. The zero-order valence-corrected chi connectivity index (χ0v) is 11.7. The Hall–Kier alpha value is -1.08. The molecule has 1 aromatic rings. The van der Waals surface area contributed by atoms with Crippen LogP contribution < -0.4 is 0 Å². The van der Waals surface area contributed by atoms with Crippen LogP contribution in [0.2, 0.25) is 0 Å². The van der Waals surface area contributed by atoms with Crippen LogP contribution in [0.1, 0.15) is 57.9 Å². The van der Waals surface area contributed by atoms with Crippen LogP contribution in [0.5, 0.6) is 0 Å². The van der Waals surface area contributed by atoms with Crippen LogP contribution in [0.25, 0.3) is 6.08 Å². The van der Waals surface area contributed by atoms with Gasteiger partial charge in [-0.1, -0.05) is 75.1 Å². The Morgan fingerprint density at radius 3 is 2.50 bits per heavy atom. The quantitative estimate of drug-likeness (QED) is 0.652. The van der Waals surface area contributed by atoms with Gasteiger partial charge in [0, 0.05) is 0 Å². The van der Waals surface area contributed by atoms with Crippen molar-refractivity contribution in [2.45, 2.75) is 58.0 Å². The number of hydrogen-bond acceptors (Lipinski definition) is 1. The summed E-state index contributed by atoms with van der Waals surface area (Å²) in [7, 11) is 0. The maximum atomic E-state index is 10.2. The van der Waals surface area contributed by atoms with Gasteiger partial charge in [-0.2, -0.15) is 0 Å². The van der Waals surface area contributed by atoms with Crippen molar-refractivity contribution in [2.75, 3.05) is 0 Å². The van der Waals surface area contributed by atoms with Gasteiger partial charge < -0.3 is 5.11 Å². The lowest BCUT2D eigenvalue weighted by atomic mass is 9.94. The summed E-state index contributed by atoms with van der Waals surface area (Å²) >= 11 is 0. The number of hydrogen-bond donors (Lipinski definition) is 1. The molecule has 1 aromatic carbocycles. The monoisotopic (exact) mass is 246 g/mol. The Labute approximate surface area is 112 Å². The van der Waals surface area contributed by atoms with E-state index in [1.165, 1.54) is 24.8 Å². The molecule has 0 saturated heterocycles. The first-order valence-electron chi connectivity index (χ1n) is 7.08. The van der Waals surface area contributed by atoms with Crippen molar-refractivity contribution in [1.29, 1.82) is 0 Å². The van der Waals surface area contributed by atoms with E-state index in [0.717, 1.165) is 19.3 Å². The SMILES string of the molecule is CCCCCCC(C)(O)C/C=C/c1ccccc1. The van der Waals surface area contributed by atoms with Gasteiger partial charge in [-0.15, -0.1) is 0 Å². The molecule has 0 aliphatic carbocycles. The second kappa shape index (κ2) is 8.10. The van der Waals surface area contributed by atoms with E-state index < -0.39 is 5.60 Å². The lowest BCUT2D eigenvalue weighted by Gasteiger charge is -2.21. The van der Waals surface area contributed by atoms with Crippen LogP contribution >= 0.6 is 0 Å². The fourth-order valence-electron chi connectivity index (χ4n) is 2.05. The van der Waals surface area contributed by atoms with Crippen LogP contribution in [0.15, 0.2) is 36.4 Å². The van der Waals surface area contributed by atoms with E-state index in [-0.39, 0.29) is 0 Å². The Kier molecular flexibility index (Phi) is 6.74. The first-order chi connectivity index (χ1) is 8.64. The average Bonchev–Trinajstić information content (AvgIpc) is 2.36. The van der Waals surface area contributed by atoms with Crippen molar-refractivity contribution >= 4 is 6.08 Å². The molecule has 0 bridgehead atoms. The smallest absolute Gasteiger partial charge is 0.0654 e. The fraction of sp³-hybridized carbons (Fsp3) is 0.529. The van der Waals surface area contributed by atoms with E-state index in [1.54, 1.807) is 0 Å². The molecule has 0 aromatic heterocycles. The molecule has 0 spiro atoms. The van der Waals surface area contributed by atoms with Gasteiger partial charge in [-0.25, -0.2) is 0 Å².